The van der Waals surface area contributed by atoms with Crippen LogP contribution in [0, 0.1) is 0 Å². The fraction of sp³-hybridized carbons (Fsp3) is 0.500. The summed E-state index contributed by atoms with van der Waals surface area (Å²) < 4.78 is 1.78. The highest BCUT2D eigenvalue weighted by atomic mass is 16.2. The number of hydrogen-bond donors (Lipinski definition) is 0. The summed E-state index contributed by atoms with van der Waals surface area (Å²) in [6.07, 6.45) is 9.08. The summed E-state index contributed by atoms with van der Waals surface area (Å²) in [5, 5.41) is 4.25. The van der Waals surface area contributed by atoms with Gasteiger partial charge in [0.25, 0.3) is 0 Å². The van der Waals surface area contributed by atoms with Gasteiger partial charge in [-0.2, -0.15) is 5.10 Å². The summed E-state index contributed by atoms with van der Waals surface area (Å²) in [5.41, 5.74) is 1.22. The van der Waals surface area contributed by atoms with E-state index in [0.29, 0.717) is 0 Å². The number of amides is 1. The second-order valence-electron chi connectivity index (χ2n) is 6.23. The Balaban J connectivity index is 1.59. The van der Waals surface area contributed by atoms with E-state index in [1.807, 2.05) is 36.4 Å². The molecule has 0 aliphatic carbocycles. The lowest BCUT2D eigenvalue weighted by molar-refractivity contribution is -0.135. The molecule has 24 heavy (non-hydrogen) atoms. The van der Waals surface area contributed by atoms with E-state index in [1.165, 1.54) is 5.56 Å². The first-order valence-electron chi connectivity index (χ1n) is 8.67. The molecular formula is C18H25N5O. The van der Waals surface area contributed by atoms with Crippen molar-refractivity contribution in [2.75, 3.05) is 26.2 Å². The Morgan fingerprint density at radius 2 is 2.12 bits per heavy atom. The Kier molecular flexibility index (Phi) is 5.59. The quantitative estimate of drug-likeness (QED) is 0.842. The normalized spacial score (nSPS) is 17.5. The molecule has 1 unspecified atom stereocenters. The average Bonchev–Trinajstić information content (AvgIpc) is 3.03. The molecule has 0 bridgehead atoms. The first-order valence-corrected chi connectivity index (χ1v) is 8.67. The highest BCUT2D eigenvalue weighted by Gasteiger charge is 2.26. The maximum Gasteiger partial charge on any atom is 0.247 e. The Bertz CT molecular complexity index is 628. The van der Waals surface area contributed by atoms with Gasteiger partial charge in [0.15, 0.2) is 0 Å². The van der Waals surface area contributed by atoms with E-state index < -0.39 is 0 Å². The van der Waals surface area contributed by atoms with Gasteiger partial charge in [0.1, 0.15) is 6.04 Å². The lowest BCUT2D eigenvalue weighted by Gasteiger charge is -2.26. The molecule has 2 aromatic heterocycles. The van der Waals surface area contributed by atoms with E-state index in [2.05, 4.69) is 21.0 Å². The van der Waals surface area contributed by atoms with Gasteiger partial charge in [-0.15, -0.1) is 0 Å². The van der Waals surface area contributed by atoms with Crippen molar-refractivity contribution in [3.8, 4) is 0 Å². The zero-order chi connectivity index (χ0) is 16.8. The van der Waals surface area contributed by atoms with Crippen molar-refractivity contribution in [2.45, 2.75) is 32.4 Å². The van der Waals surface area contributed by atoms with Gasteiger partial charge in [0, 0.05) is 57.5 Å². The van der Waals surface area contributed by atoms with Crippen LogP contribution in [0.2, 0.25) is 0 Å². The Hall–Kier alpha value is -2.21. The first kappa shape index (κ1) is 16.6. The summed E-state index contributed by atoms with van der Waals surface area (Å²) >= 11 is 0. The van der Waals surface area contributed by atoms with Crippen molar-refractivity contribution in [1.82, 2.24) is 24.6 Å². The van der Waals surface area contributed by atoms with Crippen molar-refractivity contribution in [2.24, 2.45) is 0 Å². The van der Waals surface area contributed by atoms with Gasteiger partial charge in [-0.05, 0) is 30.5 Å². The highest BCUT2D eigenvalue weighted by Crippen LogP contribution is 2.16. The van der Waals surface area contributed by atoms with Crippen LogP contribution in [0.5, 0.6) is 0 Å². The number of rotatable bonds is 5. The largest absolute Gasteiger partial charge is 0.340 e. The van der Waals surface area contributed by atoms with Gasteiger partial charge < -0.3 is 4.90 Å². The molecule has 6 heteroatoms. The van der Waals surface area contributed by atoms with Crippen molar-refractivity contribution >= 4 is 5.91 Å². The topological polar surface area (TPSA) is 54.3 Å². The first-order chi connectivity index (χ1) is 11.8. The summed E-state index contributed by atoms with van der Waals surface area (Å²) in [6.45, 7) is 6.44. The van der Waals surface area contributed by atoms with Gasteiger partial charge in [-0.3, -0.25) is 19.4 Å². The minimum atomic E-state index is -0.190. The number of aromatic nitrogens is 3. The molecule has 0 saturated carbocycles. The van der Waals surface area contributed by atoms with Gasteiger partial charge in [-0.25, -0.2) is 0 Å². The predicted octanol–water partition coefficient (Wildman–Crippen LogP) is 1.96. The van der Waals surface area contributed by atoms with E-state index in [9.17, 15) is 4.79 Å². The fourth-order valence-corrected chi connectivity index (χ4v) is 3.25. The van der Waals surface area contributed by atoms with Crippen LogP contribution >= 0.6 is 0 Å². The van der Waals surface area contributed by atoms with Gasteiger partial charge in [0.2, 0.25) is 5.91 Å². The second kappa shape index (κ2) is 8.06. The van der Waals surface area contributed by atoms with Crippen LogP contribution in [-0.4, -0.2) is 56.7 Å². The van der Waals surface area contributed by atoms with Crippen LogP contribution in [0.15, 0.2) is 43.0 Å². The lowest BCUT2D eigenvalue weighted by atomic mass is 10.2. The fourth-order valence-electron chi connectivity index (χ4n) is 3.25. The van der Waals surface area contributed by atoms with Crippen LogP contribution in [0.25, 0.3) is 0 Å². The van der Waals surface area contributed by atoms with Gasteiger partial charge in [0.05, 0.1) is 0 Å². The average molecular weight is 327 g/mol. The molecule has 3 heterocycles. The molecule has 1 aliphatic rings. The van der Waals surface area contributed by atoms with Crippen molar-refractivity contribution in [1.29, 1.82) is 0 Å². The molecule has 6 nitrogen and oxygen atoms in total. The van der Waals surface area contributed by atoms with Crippen LogP contribution in [0.1, 0.15) is 31.4 Å². The van der Waals surface area contributed by atoms with Gasteiger partial charge in [-0.1, -0.05) is 13.0 Å². The number of nitrogens with zero attached hydrogens (tertiary/aromatic N) is 5. The molecule has 1 atom stereocenters. The lowest BCUT2D eigenvalue weighted by Crippen LogP contribution is -2.39. The van der Waals surface area contributed by atoms with Gasteiger partial charge >= 0.3 is 0 Å². The third-order valence-corrected chi connectivity index (χ3v) is 4.55. The third-order valence-electron chi connectivity index (χ3n) is 4.55. The molecule has 2 aromatic rings. The molecule has 1 fully saturated rings. The number of pyridine rings is 1. The number of hydrogen-bond acceptors (Lipinski definition) is 4. The minimum Gasteiger partial charge on any atom is -0.340 e. The second-order valence-corrected chi connectivity index (χ2v) is 6.23. The molecule has 128 valence electrons. The zero-order valence-corrected chi connectivity index (χ0v) is 14.2. The standard InChI is InChI=1S/C18H25N5O/c1-2-17(23-11-4-8-20-23)18(24)22-10-5-9-21(12-13-22)15-16-6-3-7-19-14-16/h3-4,6-8,11,14,17H,2,5,9-10,12-13,15H2,1H3. The SMILES string of the molecule is CCC(C(=O)N1CCCN(Cc2cccnc2)CC1)n1cccn1. The molecule has 3 rings (SSSR count). The van der Waals surface area contributed by atoms with E-state index in [-0.39, 0.29) is 11.9 Å². The molecule has 1 aliphatic heterocycles. The molecule has 0 aromatic carbocycles. The van der Waals surface area contributed by atoms with Crippen LogP contribution in [0.4, 0.5) is 0 Å². The van der Waals surface area contributed by atoms with Crippen molar-refractivity contribution in [3.05, 3.63) is 48.5 Å². The van der Waals surface area contributed by atoms with E-state index in [4.69, 9.17) is 0 Å². The maximum atomic E-state index is 12.9. The summed E-state index contributed by atoms with van der Waals surface area (Å²) in [4.78, 5) is 21.5. The zero-order valence-electron chi connectivity index (χ0n) is 14.2. The van der Waals surface area contributed by atoms with Crippen LogP contribution in [0.3, 0.4) is 0 Å². The summed E-state index contributed by atoms with van der Waals surface area (Å²) in [6, 6.07) is 5.75. The molecule has 0 radical (unpaired) electrons. The molecular weight excluding hydrogens is 302 g/mol. The predicted molar refractivity (Wildman–Crippen MR) is 92.3 cm³/mol. The summed E-state index contributed by atoms with van der Waals surface area (Å²) in [7, 11) is 0. The molecule has 1 saturated heterocycles. The van der Waals surface area contributed by atoms with E-state index >= 15 is 0 Å². The minimum absolute atomic E-state index is 0.185. The highest BCUT2D eigenvalue weighted by molar-refractivity contribution is 5.80. The van der Waals surface area contributed by atoms with Crippen molar-refractivity contribution in [3.63, 3.8) is 0 Å². The van der Waals surface area contributed by atoms with Crippen LogP contribution < -0.4 is 0 Å². The smallest absolute Gasteiger partial charge is 0.247 e. The Morgan fingerprint density at radius 3 is 2.83 bits per heavy atom. The van der Waals surface area contributed by atoms with Crippen LogP contribution in [-0.2, 0) is 11.3 Å². The Labute approximate surface area is 143 Å². The number of carbonyl (C=O) groups is 1. The summed E-state index contributed by atoms with van der Waals surface area (Å²) in [5.74, 6) is 0.185. The van der Waals surface area contributed by atoms with E-state index in [0.717, 1.165) is 45.6 Å². The third kappa shape index (κ3) is 4.00. The maximum absolute atomic E-state index is 12.9. The molecule has 0 N–H and O–H groups in total. The van der Waals surface area contributed by atoms with Crippen molar-refractivity contribution < 1.29 is 4.79 Å². The molecule has 0 spiro atoms. The number of carbonyl (C=O) groups excluding carboxylic acids is 1. The van der Waals surface area contributed by atoms with E-state index in [1.54, 1.807) is 17.1 Å². The molecule has 1 amide bonds. The Morgan fingerprint density at radius 1 is 1.21 bits per heavy atom. The monoisotopic (exact) mass is 327 g/mol.